The Morgan fingerprint density at radius 3 is 2.73 bits per heavy atom. The Labute approximate surface area is 93.2 Å². The summed E-state index contributed by atoms with van der Waals surface area (Å²) in [5, 5.41) is 9.15. The number of allylic oxidation sites excluding steroid dienone is 2. The van der Waals surface area contributed by atoms with Crippen molar-refractivity contribution in [2.24, 2.45) is 17.3 Å². The molecule has 0 heterocycles. The molecular weight excluding hydrogens is 182 g/mol. The first-order valence-corrected chi connectivity index (χ1v) is 6.18. The molecule has 1 nitrogen and oxygen atoms in total. The van der Waals surface area contributed by atoms with Crippen molar-refractivity contribution in [2.45, 2.75) is 52.9 Å². The molecule has 0 bridgehead atoms. The van der Waals surface area contributed by atoms with Gasteiger partial charge in [0.05, 0.1) is 12.0 Å². The predicted molar refractivity (Wildman–Crippen MR) is 62.2 cm³/mol. The lowest BCUT2D eigenvalue weighted by molar-refractivity contribution is 0.276. The molecule has 1 heteroatoms. The smallest absolute Gasteiger partial charge is 0.0662 e. The van der Waals surface area contributed by atoms with E-state index >= 15 is 0 Å². The maximum atomic E-state index is 9.15. The van der Waals surface area contributed by atoms with E-state index in [9.17, 15) is 0 Å². The van der Waals surface area contributed by atoms with Gasteiger partial charge in [0.25, 0.3) is 0 Å². The minimum absolute atomic E-state index is 0.265. The molecular formula is C14H21N. The highest BCUT2D eigenvalue weighted by Crippen LogP contribution is 2.50. The van der Waals surface area contributed by atoms with E-state index in [2.05, 4.69) is 26.8 Å². The van der Waals surface area contributed by atoms with Gasteiger partial charge >= 0.3 is 0 Å². The first kappa shape index (κ1) is 10.7. The molecule has 0 N–H and O–H groups in total. The number of hydrogen-bond acceptors (Lipinski definition) is 1. The van der Waals surface area contributed by atoms with Gasteiger partial charge in [0.15, 0.2) is 0 Å². The average molecular weight is 203 g/mol. The molecule has 0 amide bonds. The monoisotopic (exact) mass is 203 g/mol. The zero-order valence-corrected chi connectivity index (χ0v) is 10.1. The van der Waals surface area contributed by atoms with Crippen LogP contribution in [0.3, 0.4) is 0 Å². The standard InChI is InChI=1S/C14H21N/c1-10-12(9-15)7-6-11-5-4-8-14(2,3)13(10)11/h10,12H,4-8H2,1-3H3. The van der Waals surface area contributed by atoms with Gasteiger partial charge < -0.3 is 0 Å². The SMILES string of the molecule is CC1C2=C(CCCC2(C)C)CCC1C#N. The number of rotatable bonds is 0. The minimum Gasteiger partial charge on any atom is -0.198 e. The van der Waals surface area contributed by atoms with Crippen molar-refractivity contribution in [3.05, 3.63) is 11.1 Å². The summed E-state index contributed by atoms with van der Waals surface area (Å²) in [4.78, 5) is 0. The Morgan fingerprint density at radius 1 is 1.33 bits per heavy atom. The summed E-state index contributed by atoms with van der Waals surface area (Å²) in [6.07, 6.45) is 6.21. The molecule has 0 aromatic rings. The van der Waals surface area contributed by atoms with Gasteiger partial charge in [0.1, 0.15) is 0 Å². The molecule has 15 heavy (non-hydrogen) atoms. The molecule has 2 aliphatic rings. The lowest BCUT2D eigenvalue weighted by atomic mass is 9.62. The van der Waals surface area contributed by atoms with Crippen LogP contribution in [0.1, 0.15) is 52.9 Å². The van der Waals surface area contributed by atoms with Crippen LogP contribution in [-0.4, -0.2) is 0 Å². The van der Waals surface area contributed by atoms with Crippen molar-refractivity contribution in [2.75, 3.05) is 0 Å². The highest BCUT2D eigenvalue weighted by Gasteiger charge is 2.38. The molecule has 0 aliphatic heterocycles. The van der Waals surface area contributed by atoms with E-state index in [1.807, 2.05) is 0 Å². The summed E-state index contributed by atoms with van der Waals surface area (Å²) >= 11 is 0. The topological polar surface area (TPSA) is 23.8 Å². The van der Waals surface area contributed by atoms with Crippen LogP contribution in [0, 0.1) is 28.6 Å². The van der Waals surface area contributed by atoms with E-state index in [1.54, 1.807) is 11.1 Å². The molecule has 82 valence electrons. The third kappa shape index (κ3) is 1.71. The van der Waals surface area contributed by atoms with Crippen LogP contribution in [0.4, 0.5) is 0 Å². The number of nitrogens with zero attached hydrogens (tertiary/aromatic N) is 1. The van der Waals surface area contributed by atoms with E-state index < -0.39 is 0 Å². The first-order chi connectivity index (χ1) is 7.06. The second-order valence-corrected chi connectivity index (χ2v) is 5.82. The second kappa shape index (κ2) is 3.67. The normalized spacial score (nSPS) is 34.5. The van der Waals surface area contributed by atoms with Crippen LogP contribution < -0.4 is 0 Å². The fraction of sp³-hybridized carbons (Fsp3) is 0.786. The summed E-state index contributed by atoms with van der Waals surface area (Å²) in [6, 6.07) is 2.49. The predicted octanol–water partition coefficient (Wildman–Crippen LogP) is 4.06. The third-order valence-corrected chi connectivity index (χ3v) is 4.37. The van der Waals surface area contributed by atoms with E-state index in [4.69, 9.17) is 5.26 Å². The second-order valence-electron chi connectivity index (χ2n) is 5.82. The van der Waals surface area contributed by atoms with Gasteiger partial charge in [-0.15, -0.1) is 0 Å². The fourth-order valence-electron chi connectivity index (χ4n) is 3.65. The lowest BCUT2D eigenvalue weighted by Crippen LogP contribution is -2.31. The fourth-order valence-corrected chi connectivity index (χ4v) is 3.65. The van der Waals surface area contributed by atoms with Crippen molar-refractivity contribution in [3.8, 4) is 6.07 Å². The van der Waals surface area contributed by atoms with Crippen molar-refractivity contribution >= 4 is 0 Å². The van der Waals surface area contributed by atoms with Gasteiger partial charge in [0, 0.05) is 0 Å². The highest BCUT2D eigenvalue weighted by atomic mass is 14.4. The Kier molecular flexibility index (Phi) is 2.63. The Balaban J connectivity index is 2.38. The summed E-state index contributed by atoms with van der Waals surface area (Å²) in [5.41, 5.74) is 3.67. The quantitative estimate of drug-likeness (QED) is 0.545. The Bertz CT molecular complexity index is 330. The minimum atomic E-state index is 0.265. The maximum Gasteiger partial charge on any atom is 0.0662 e. The molecule has 2 aliphatic carbocycles. The van der Waals surface area contributed by atoms with Gasteiger partial charge in [-0.1, -0.05) is 31.9 Å². The van der Waals surface area contributed by atoms with Crippen LogP contribution in [0.2, 0.25) is 0 Å². The van der Waals surface area contributed by atoms with Crippen molar-refractivity contribution < 1.29 is 0 Å². The molecule has 0 aromatic heterocycles. The number of nitriles is 1. The average Bonchev–Trinajstić information content (AvgIpc) is 2.17. The lowest BCUT2D eigenvalue weighted by Gasteiger charge is -2.43. The van der Waals surface area contributed by atoms with Crippen molar-refractivity contribution in [3.63, 3.8) is 0 Å². The molecule has 0 radical (unpaired) electrons. The molecule has 0 fully saturated rings. The van der Waals surface area contributed by atoms with Crippen LogP contribution >= 0.6 is 0 Å². The molecule has 0 spiro atoms. The van der Waals surface area contributed by atoms with Crippen LogP contribution in [-0.2, 0) is 0 Å². The Morgan fingerprint density at radius 2 is 2.07 bits per heavy atom. The zero-order chi connectivity index (χ0) is 11.1. The van der Waals surface area contributed by atoms with E-state index in [-0.39, 0.29) is 5.92 Å². The highest BCUT2D eigenvalue weighted by molar-refractivity contribution is 5.30. The van der Waals surface area contributed by atoms with Gasteiger partial charge in [-0.2, -0.15) is 5.26 Å². The number of hydrogen-bond donors (Lipinski definition) is 0. The van der Waals surface area contributed by atoms with Crippen molar-refractivity contribution in [1.29, 1.82) is 5.26 Å². The van der Waals surface area contributed by atoms with Crippen LogP contribution in [0.15, 0.2) is 11.1 Å². The summed E-state index contributed by atoms with van der Waals surface area (Å²) in [5.74, 6) is 0.759. The summed E-state index contributed by atoms with van der Waals surface area (Å²) < 4.78 is 0. The van der Waals surface area contributed by atoms with E-state index in [0.29, 0.717) is 11.3 Å². The van der Waals surface area contributed by atoms with Crippen LogP contribution in [0.5, 0.6) is 0 Å². The molecule has 2 atom stereocenters. The van der Waals surface area contributed by atoms with Gasteiger partial charge in [-0.3, -0.25) is 0 Å². The van der Waals surface area contributed by atoms with E-state index in [0.717, 1.165) is 6.42 Å². The zero-order valence-electron chi connectivity index (χ0n) is 10.1. The molecule has 2 unspecified atom stereocenters. The van der Waals surface area contributed by atoms with Gasteiger partial charge in [-0.25, -0.2) is 0 Å². The maximum absolute atomic E-state index is 9.15. The summed E-state index contributed by atoms with van der Waals surface area (Å²) in [6.45, 7) is 6.98. The third-order valence-electron chi connectivity index (χ3n) is 4.37. The molecule has 0 saturated heterocycles. The van der Waals surface area contributed by atoms with Gasteiger partial charge in [-0.05, 0) is 43.4 Å². The largest absolute Gasteiger partial charge is 0.198 e. The summed E-state index contributed by atoms with van der Waals surface area (Å²) in [7, 11) is 0. The molecule has 0 saturated carbocycles. The van der Waals surface area contributed by atoms with E-state index in [1.165, 1.54) is 25.7 Å². The molecule has 2 rings (SSSR count). The molecule has 0 aromatic carbocycles. The first-order valence-electron chi connectivity index (χ1n) is 6.18. The van der Waals surface area contributed by atoms with Gasteiger partial charge in [0.2, 0.25) is 0 Å². The Hall–Kier alpha value is -0.770. The van der Waals surface area contributed by atoms with Crippen molar-refractivity contribution in [1.82, 2.24) is 0 Å². The van der Waals surface area contributed by atoms with Crippen LogP contribution in [0.25, 0.3) is 0 Å².